The van der Waals surface area contributed by atoms with Crippen molar-refractivity contribution in [2.24, 2.45) is 4.99 Å². The first kappa shape index (κ1) is 14.7. The van der Waals surface area contributed by atoms with E-state index in [9.17, 15) is 10.2 Å². The summed E-state index contributed by atoms with van der Waals surface area (Å²) < 4.78 is 5.71. The molecule has 23 heavy (non-hydrogen) atoms. The Morgan fingerprint density at radius 2 is 1.48 bits per heavy atom. The molecule has 4 nitrogen and oxygen atoms in total. The van der Waals surface area contributed by atoms with Gasteiger partial charge in [0.15, 0.2) is 0 Å². The number of rotatable bonds is 4. The summed E-state index contributed by atoms with van der Waals surface area (Å²) in [5, 5.41) is 19.0. The predicted molar refractivity (Wildman–Crippen MR) is 90.0 cm³/mol. The molecule has 0 spiro atoms. The molecule has 0 amide bonds. The molecule has 0 radical (unpaired) electrons. The molecule has 3 aromatic carbocycles. The lowest BCUT2D eigenvalue weighted by Gasteiger charge is -2.05. The third-order valence-electron chi connectivity index (χ3n) is 3.18. The number of benzene rings is 3. The molecule has 0 atom stereocenters. The highest BCUT2D eigenvalue weighted by Crippen LogP contribution is 2.25. The second-order valence-corrected chi connectivity index (χ2v) is 4.91. The molecule has 0 aromatic heterocycles. The number of phenolic OH excluding ortho intramolecular Hbond substituents is 2. The van der Waals surface area contributed by atoms with E-state index in [1.807, 2.05) is 54.6 Å². The Labute approximate surface area is 134 Å². The van der Waals surface area contributed by atoms with Crippen molar-refractivity contribution in [3.05, 3.63) is 78.4 Å². The third kappa shape index (κ3) is 3.89. The molecule has 2 N–H and O–H groups in total. The van der Waals surface area contributed by atoms with E-state index in [4.69, 9.17) is 4.74 Å². The number of para-hydroxylation sites is 1. The highest BCUT2D eigenvalue weighted by atomic mass is 16.5. The summed E-state index contributed by atoms with van der Waals surface area (Å²) in [5.41, 5.74) is 1.27. The zero-order chi connectivity index (χ0) is 16.1. The summed E-state index contributed by atoms with van der Waals surface area (Å²) >= 11 is 0. The van der Waals surface area contributed by atoms with Gasteiger partial charge in [-0.05, 0) is 48.5 Å². The molecule has 0 aliphatic rings. The molecular weight excluding hydrogens is 290 g/mol. The number of ether oxygens (including phenoxy) is 1. The van der Waals surface area contributed by atoms with Crippen LogP contribution in [0.3, 0.4) is 0 Å². The first-order valence-electron chi connectivity index (χ1n) is 7.10. The van der Waals surface area contributed by atoms with Crippen molar-refractivity contribution in [2.75, 3.05) is 0 Å². The van der Waals surface area contributed by atoms with Crippen LogP contribution in [0.5, 0.6) is 23.0 Å². The van der Waals surface area contributed by atoms with E-state index in [0.29, 0.717) is 5.56 Å². The van der Waals surface area contributed by atoms with Crippen molar-refractivity contribution in [1.29, 1.82) is 0 Å². The Hall–Kier alpha value is -3.27. The maximum atomic E-state index is 9.71. The number of aromatic hydroxyl groups is 2. The fourth-order valence-corrected chi connectivity index (χ4v) is 2.01. The SMILES string of the molecule is Oc1ccc(C=Nc2ccc(Oc3ccccc3)cc2)c(O)c1. The van der Waals surface area contributed by atoms with Gasteiger partial charge in [0.2, 0.25) is 0 Å². The Bertz CT molecular complexity index is 812. The Balaban J connectivity index is 1.71. The fourth-order valence-electron chi connectivity index (χ4n) is 2.01. The lowest BCUT2D eigenvalue weighted by molar-refractivity contribution is 0.450. The molecule has 0 saturated carbocycles. The summed E-state index contributed by atoms with van der Waals surface area (Å²) in [7, 11) is 0. The van der Waals surface area contributed by atoms with E-state index in [0.717, 1.165) is 17.2 Å². The van der Waals surface area contributed by atoms with Crippen LogP contribution in [-0.2, 0) is 0 Å². The van der Waals surface area contributed by atoms with Gasteiger partial charge in [-0.25, -0.2) is 0 Å². The zero-order valence-corrected chi connectivity index (χ0v) is 12.3. The van der Waals surface area contributed by atoms with E-state index >= 15 is 0 Å². The maximum Gasteiger partial charge on any atom is 0.128 e. The summed E-state index contributed by atoms with van der Waals surface area (Å²) in [6.45, 7) is 0. The van der Waals surface area contributed by atoms with Crippen molar-refractivity contribution in [3.63, 3.8) is 0 Å². The minimum atomic E-state index is -0.0159. The van der Waals surface area contributed by atoms with Crippen molar-refractivity contribution < 1.29 is 14.9 Å². The molecule has 0 bridgehead atoms. The van der Waals surface area contributed by atoms with E-state index in [-0.39, 0.29) is 11.5 Å². The van der Waals surface area contributed by atoms with Crippen LogP contribution in [0, 0.1) is 0 Å². The van der Waals surface area contributed by atoms with Crippen molar-refractivity contribution >= 4 is 11.9 Å². The van der Waals surface area contributed by atoms with Gasteiger partial charge in [0.25, 0.3) is 0 Å². The van der Waals surface area contributed by atoms with Crippen LogP contribution in [0.1, 0.15) is 5.56 Å². The minimum absolute atomic E-state index is 0.0158. The van der Waals surface area contributed by atoms with Crippen LogP contribution in [0.2, 0.25) is 0 Å². The molecule has 0 aliphatic heterocycles. The molecule has 0 unspecified atom stereocenters. The maximum absolute atomic E-state index is 9.71. The Morgan fingerprint density at radius 3 is 2.17 bits per heavy atom. The van der Waals surface area contributed by atoms with Crippen LogP contribution < -0.4 is 4.74 Å². The largest absolute Gasteiger partial charge is 0.508 e. The van der Waals surface area contributed by atoms with Gasteiger partial charge < -0.3 is 14.9 Å². The van der Waals surface area contributed by atoms with Gasteiger partial charge in [-0.2, -0.15) is 0 Å². The number of nitrogens with zero attached hydrogens (tertiary/aromatic N) is 1. The van der Waals surface area contributed by atoms with Gasteiger partial charge in [0, 0.05) is 17.8 Å². The van der Waals surface area contributed by atoms with Crippen LogP contribution in [0.4, 0.5) is 5.69 Å². The monoisotopic (exact) mass is 305 g/mol. The summed E-state index contributed by atoms with van der Waals surface area (Å²) in [4.78, 5) is 4.29. The average Bonchev–Trinajstić information content (AvgIpc) is 2.56. The van der Waals surface area contributed by atoms with Crippen LogP contribution in [-0.4, -0.2) is 16.4 Å². The first-order chi connectivity index (χ1) is 11.2. The van der Waals surface area contributed by atoms with Gasteiger partial charge in [-0.3, -0.25) is 4.99 Å². The second kappa shape index (κ2) is 6.66. The lowest BCUT2D eigenvalue weighted by Crippen LogP contribution is -1.83. The molecule has 0 aliphatic carbocycles. The van der Waals surface area contributed by atoms with Crippen LogP contribution in [0.25, 0.3) is 0 Å². The first-order valence-corrected chi connectivity index (χ1v) is 7.10. The second-order valence-electron chi connectivity index (χ2n) is 4.91. The molecule has 0 saturated heterocycles. The van der Waals surface area contributed by atoms with Gasteiger partial charge in [0.1, 0.15) is 23.0 Å². The number of phenols is 2. The fraction of sp³-hybridized carbons (Fsp3) is 0. The van der Waals surface area contributed by atoms with Gasteiger partial charge in [0.05, 0.1) is 5.69 Å². The van der Waals surface area contributed by atoms with Gasteiger partial charge in [-0.15, -0.1) is 0 Å². The van der Waals surface area contributed by atoms with Gasteiger partial charge >= 0.3 is 0 Å². The molecular formula is C19H15NO3. The highest BCUT2D eigenvalue weighted by molar-refractivity contribution is 5.85. The van der Waals surface area contributed by atoms with Crippen molar-refractivity contribution in [3.8, 4) is 23.0 Å². The molecule has 0 heterocycles. The van der Waals surface area contributed by atoms with Crippen LogP contribution in [0.15, 0.2) is 77.8 Å². The van der Waals surface area contributed by atoms with E-state index < -0.39 is 0 Å². The van der Waals surface area contributed by atoms with E-state index in [1.165, 1.54) is 12.1 Å². The Kier molecular flexibility index (Phi) is 4.25. The molecule has 3 rings (SSSR count). The normalized spacial score (nSPS) is 10.8. The van der Waals surface area contributed by atoms with Gasteiger partial charge in [-0.1, -0.05) is 18.2 Å². The van der Waals surface area contributed by atoms with Crippen molar-refractivity contribution in [1.82, 2.24) is 0 Å². The smallest absolute Gasteiger partial charge is 0.128 e. The lowest BCUT2D eigenvalue weighted by atomic mass is 10.2. The van der Waals surface area contributed by atoms with Crippen LogP contribution >= 0.6 is 0 Å². The summed E-state index contributed by atoms with van der Waals surface area (Å²) in [6, 6.07) is 21.2. The Morgan fingerprint density at radius 1 is 0.783 bits per heavy atom. The quantitative estimate of drug-likeness (QED) is 0.690. The molecule has 114 valence electrons. The number of aliphatic imine (C=N–C) groups is 1. The predicted octanol–water partition coefficient (Wildman–Crippen LogP) is 4.64. The molecule has 4 heteroatoms. The molecule has 3 aromatic rings. The zero-order valence-electron chi connectivity index (χ0n) is 12.3. The highest BCUT2D eigenvalue weighted by Gasteiger charge is 2.00. The number of hydrogen-bond acceptors (Lipinski definition) is 4. The average molecular weight is 305 g/mol. The third-order valence-corrected chi connectivity index (χ3v) is 3.18. The molecule has 0 fully saturated rings. The minimum Gasteiger partial charge on any atom is -0.508 e. The van der Waals surface area contributed by atoms with Crippen molar-refractivity contribution in [2.45, 2.75) is 0 Å². The summed E-state index contributed by atoms with van der Waals surface area (Å²) in [5.74, 6) is 1.50. The standard InChI is InChI=1S/C19H15NO3/c21-16-9-6-14(19(22)12-16)13-20-15-7-10-18(11-8-15)23-17-4-2-1-3-5-17/h1-13,21-22H. The number of hydrogen-bond donors (Lipinski definition) is 2. The van der Waals surface area contributed by atoms with E-state index in [2.05, 4.69) is 4.99 Å². The topological polar surface area (TPSA) is 62.1 Å². The summed E-state index contributed by atoms with van der Waals surface area (Å²) in [6.07, 6.45) is 1.54. The van der Waals surface area contributed by atoms with E-state index in [1.54, 1.807) is 12.3 Å².